The van der Waals surface area contributed by atoms with Gasteiger partial charge in [-0.05, 0) is 36.8 Å². The molecule has 1 aliphatic carbocycles. The Balaban J connectivity index is 1.61. The maximum Gasteiger partial charge on any atom is 0.138 e. The highest BCUT2D eigenvalue weighted by Crippen LogP contribution is 2.38. The van der Waals surface area contributed by atoms with Gasteiger partial charge < -0.3 is 4.74 Å². The fourth-order valence-corrected chi connectivity index (χ4v) is 3.00. The predicted octanol–water partition coefficient (Wildman–Crippen LogP) is 2.71. The molecule has 0 saturated carbocycles. The Labute approximate surface area is 102 Å². The molecule has 0 spiro atoms. The molecule has 3 unspecified atom stereocenters. The Hall–Kier alpha value is -1.15. The molecule has 1 heterocycles. The summed E-state index contributed by atoms with van der Waals surface area (Å²) in [5, 5.41) is 0. The first-order valence-corrected chi connectivity index (χ1v) is 6.46. The molecule has 1 saturated heterocycles. The van der Waals surface area contributed by atoms with Crippen LogP contribution in [0.15, 0.2) is 24.3 Å². The maximum atomic E-state index is 12.1. The molecule has 2 nitrogen and oxygen atoms in total. The standard InChI is InChI=1S/C15H18O2/c1-10-6-13(9-17-10)15(16)8-12-7-11-4-2-3-5-14(11)12/h2-5,10,12-13H,6-9H2,1H3. The largest absolute Gasteiger partial charge is 0.378 e. The minimum absolute atomic E-state index is 0.151. The SMILES string of the molecule is CC1CC(C(=O)CC2Cc3ccccc32)CO1. The number of carbonyl (C=O) groups is 1. The molecule has 0 aromatic heterocycles. The van der Waals surface area contributed by atoms with Crippen LogP contribution in [0.1, 0.15) is 36.8 Å². The number of benzene rings is 1. The molecule has 1 aromatic carbocycles. The second-order valence-corrected chi connectivity index (χ2v) is 5.35. The quantitative estimate of drug-likeness (QED) is 0.798. The minimum Gasteiger partial charge on any atom is -0.378 e. The lowest BCUT2D eigenvalue weighted by molar-refractivity contribution is -0.123. The van der Waals surface area contributed by atoms with E-state index >= 15 is 0 Å². The van der Waals surface area contributed by atoms with Crippen LogP contribution >= 0.6 is 0 Å². The number of rotatable bonds is 3. The smallest absolute Gasteiger partial charge is 0.138 e. The van der Waals surface area contributed by atoms with Gasteiger partial charge in [-0.2, -0.15) is 0 Å². The van der Waals surface area contributed by atoms with Gasteiger partial charge in [-0.15, -0.1) is 0 Å². The molecule has 90 valence electrons. The summed E-state index contributed by atoms with van der Waals surface area (Å²) in [4.78, 5) is 12.1. The molecule has 2 aliphatic rings. The molecule has 3 atom stereocenters. The van der Waals surface area contributed by atoms with Crippen LogP contribution in [0.2, 0.25) is 0 Å². The van der Waals surface area contributed by atoms with Gasteiger partial charge in [-0.1, -0.05) is 24.3 Å². The zero-order chi connectivity index (χ0) is 11.8. The number of fused-ring (bicyclic) bond motifs is 1. The maximum absolute atomic E-state index is 12.1. The summed E-state index contributed by atoms with van der Waals surface area (Å²) in [6.45, 7) is 2.68. The molecule has 0 N–H and O–H groups in total. The van der Waals surface area contributed by atoms with Gasteiger partial charge in [0.1, 0.15) is 5.78 Å². The van der Waals surface area contributed by atoms with Crippen molar-refractivity contribution in [3.8, 4) is 0 Å². The summed E-state index contributed by atoms with van der Waals surface area (Å²) < 4.78 is 5.47. The van der Waals surface area contributed by atoms with Crippen molar-refractivity contribution < 1.29 is 9.53 Å². The van der Waals surface area contributed by atoms with Crippen molar-refractivity contribution in [3.63, 3.8) is 0 Å². The van der Waals surface area contributed by atoms with Gasteiger partial charge in [0.25, 0.3) is 0 Å². The Bertz CT molecular complexity index is 438. The highest BCUT2D eigenvalue weighted by atomic mass is 16.5. The second-order valence-electron chi connectivity index (χ2n) is 5.35. The number of ether oxygens (including phenoxy) is 1. The van der Waals surface area contributed by atoms with Crippen molar-refractivity contribution in [2.45, 2.75) is 38.2 Å². The zero-order valence-electron chi connectivity index (χ0n) is 10.2. The first kappa shape index (κ1) is 11.0. The van der Waals surface area contributed by atoms with Crippen LogP contribution in [-0.2, 0) is 16.0 Å². The van der Waals surface area contributed by atoms with Gasteiger partial charge in [0, 0.05) is 12.3 Å². The van der Waals surface area contributed by atoms with E-state index in [1.807, 2.05) is 6.92 Å². The van der Waals surface area contributed by atoms with Gasteiger partial charge in [-0.25, -0.2) is 0 Å². The first-order valence-electron chi connectivity index (χ1n) is 6.46. The van der Waals surface area contributed by atoms with Gasteiger partial charge >= 0.3 is 0 Å². The van der Waals surface area contributed by atoms with Crippen LogP contribution in [0, 0.1) is 5.92 Å². The Morgan fingerprint density at radius 3 is 2.94 bits per heavy atom. The number of hydrogen-bond acceptors (Lipinski definition) is 2. The monoisotopic (exact) mass is 230 g/mol. The molecule has 0 radical (unpaired) electrons. The highest BCUT2D eigenvalue weighted by Gasteiger charge is 2.33. The number of hydrogen-bond donors (Lipinski definition) is 0. The fraction of sp³-hybridized carbons (Fsp3) is 0.533. The lowest BCUT2D eigenvalue weighted by Gasteiger charge is -2.30. The molecule has 1 aliphatic heterocycles. The first-order chi connectivity index (χ1) is 8.24. The van der Waals surface area contributed by atoms with Crippen LogP contribution in [-0.4, -0.2) is 18.5 Å². The van der Waals surface area contributed by atoms with Crippen LogP contribution < -0.4 is 0 Å². The number of carbonyl (C=O) groups excluding carboxylic acids is 1. The van der Waals surface area contributed by atoms with Crippen LogP contribution in [0.25, 0.3) is 0 Å². The summed E-state index contributed by atoms with van der Waals surface area (Å²) in [7, 11) is 0. The van der Waals surface area contributed by atoms with E-state index in [1.165, 1.54) is 11.1 Å². The summed E-state index contributed by atoms with van der Waals surface area (Å²) in [5.41, 5.74) is 2.80. The van der Waals surface area contributed by atoms with Gasteiger partial charge in [0.15, 0.2) is 0 Å². The lowest BCUT2D eigenvalue weighted by Crippen LogP contribution is -2.24. The van der Waals surface area contributed by atoms with Crippen molar-refractivity contribution in [3.05, 3.63) is 35.4 Å². The molecular weight excluding hydrogens is 212 g/mol. The van der Waals surface area contributed by atoms with E-state index < -0.39 is 0 Å². The van der Waals surface area contributed by atoms with Crippen molar-refractivity contribution >= 4 is 5.78 Å². The fourth-order valence-electron chi connectivity index (χ4n) is 3.00. The normalized spacial score (nSPS) is 30.8. The summed E-state index contributed by atoms with van der Waals surface area (Å²) >= 11 is 0. The van der Waals surface area contributed by atoms with E-state index in [1.54, 1.807) is 0 Å². The minimum atomic E-state index is 0.151. The van der Waals surface area contributed by atoms with E-state index in [0.29, 0.717) is 24.7 Å². The molecule has 2 heteroatoms. The van der Waals surface area contributed by atoms with E-state index in [4.69, 9.17) is 4.74 Å². The average Bonchev–Trinajstić information content (AvgIpc) is 2.73. The molecule has 3 rings (SSSR count). The molecule has 1 fully saturated rings. The molecular formula is C15H18O2. The Morgan fingerprint density at radius 2 is 2.24 bits per heavy atom. The van der Waals surface area contributed by atoms with Crippen LogP contribution in [0.5, 0.6) is 0 Å². The molecule has 17 heavy (non-hydrogen) atoms. The van der Waals surface area contributed by atoms with Crippen molar-refractivity contribution in [2.24, 2.45) is 5.92 Å². The molecule has 1 aromatic rings. The van der Waals surface area contributed by atoms with Crippen molar-refractivity contribution in [1.82, 2.24) is 0 Å². The summed E-state index contributed by atoms with van der Waals surface area (Å²) in [6, 6.07) is 8.46. The summed E-state index contributed by atoms with van der Waals surface area (Å²) in [6.07, 6.45) is 2.95. The van der Waals surface area contributed by atoms with Crippen LogP contribution in [0.3, 0.4) is 0 Å². The molecule has 0 amide bonds. The zero-order valence-corrected chi connectivity index (χ0v) is 10.2. The van der Waals surface area contributed by atoms with E-state index in [0.717, 1.165) is 12.8 Å². The van der Waals surface area contributed by atoms with Gasteiger partial charge in [-0.3, -0.25) is 4.79 Å². The third-order valence-corrected chi connectivity index (χ3v) is 4.06. The van der Waals surface area contributed by atoms with E-state index in [9.17, 15) is 4.79 Å². The lowest BCUT2D eigenvalue weighted by atomic mass is 9.74. The third kappa shape index (κ3) is 2.02. The topological polar surface area (TPSA) is 26.3 Å². The number of Topliss-reactive ketones (excluding diaryl/α,β-unsaturated/α-hetero) is 1. The predicted molar refractivity (Wildman–Crippen MR) is 66.0 cm³/mol. The van der Waals surface area contributed by atoms with E-state index in [-0.39, 0.29) is 12.0 Å². The van der Waals surface area contributed by atoms with Crippen molar-refractivity contribution in [2.75, 3.05) is 6.61 Å². The Kier molecular flexibility index (Phi) is 2.75. The highest BCUT2D eigenvalue weighted by molar-refractivity contribution is 5.82. The second kappa shape index (κ2) is 4.26. The molecule has 0 bridgehead atoms. The third-order valence-electron chi connectivity index (χ3n) is 4.06. The van der Waals surface area contributed by atoms with Crippen LogP contribution in [0.4, 0.5) is 0 Å². The summed E-state index contributed by atoms with van der Waals surface area (Å²) in [5.74, 6) is 1.02. The van der Waals surface area contributed by atoms with Crippen molar-refractivity contribution in [1.29, 1.82) is 0 Å². The number of ketones is 1. The average molecular weight is 230 g/mol. The Morgan fingerprint density at radius 1 is 1.41 bits per heavy atom. The van der Waals surface area contributed by atoms with Gasteiger partial charge in [0.2, 0.25) is 0 Å². The van der Waals surface area contributed by atoms with E-state index in [2.05, 4.69) is 24.3 Å². The van der Waals surface area contributed by atoms with Gasteiger partial charge in [0.05, 0.1) is 12.7 Å².